The summed E-state index contributed by atoms with van der Waals surface area (Å²) >= 11 is 1.25. The standard InChI is InChI=1S/C18H14F3N3O2S2/c1-3-28(25,26)15-11-6-4-5-7-13(11)27-14(15)17-23-12-8-10(18(19,20)21)9-22-16(12)24(17)2/h4-9H,3H2,1-2H3. The number of rotatable bonds is 3. The van der Waals surface area contributed by atoms with E-state index in [1.54, 1.807) is 38.2 Å². The van der Waals surface area contributed by atoms with Crippen molar-refractivity contribution < 1.29 is 21.6 Å². The predicted octanol–water partition coefficient (Wildman–Crippen LogP) is 4.66. The lowest BCUT2D eigenvalue weighted by Gasteiger charge is -2.06. The Labute approximate surface area is 162 Å². The van der Waals surface area contributed by atoms with Gasteiger partial charge in [0, 0.05) is 23.3 Å². The Morgan fingerprint density at radius 3 is 2.61 bits per heavy atom. The highest BCUT2D eigenvalue weighted by atomic mass is 32.2. The molecule has 0 radical (unpaired) electrons. The number of sulfone groups is 1. The fourth-order valence-corrected chi connectivity index (χ4v) is 5.93. The molecular weight excluding hydrogens is 411 g/mol. The number of alkyl halides is 3. The lowest BCUT2D eigenvalue weighted by Crippen LogP contribution is -2.06. The molecule has 0 unspecified atom stereocenters. The first kappa shape index (κ1) is 18.9. The summed E-state index contributed by atoms with van der Waals surface area (Å²) in [6, 6.07) is 8.01. The molecule has 0 N–H and O–H groups in total. The van der Waals surface area contributed by atoms with Crippen LogP contribution >= 0.6 is 11.3 Å². The Balaban J connectivity index is 2.04. The van der Waals surface area contributed by atoms with Crippen LogP contribution < -0.4 is 0 Å². The van der Waals surface area contributed by atoms with E-state index in [2.05, 4.69) is 9.97 Å². The molecule has 0 bridgehead atoms. The molecule has 0 spiro atoms. The molecule has 0 fully saturated rings. The van der Waals surface area contributed by atoms with Gasteiger partial charge in [-0.05, 0) is 12.1 Å². The third-order valence-electron chi connectivity index (χ3n) is 4.48. The van der Waals surface area contributed by atoms with E-state index < -0.39 is 21.6 Å². The normalized spacial score (nSPS) is 12.9. The zero-order valence-corrected chi connectivity index (χ0v) is 16.4. The van der Waals surface area contributed by atoms with Crippen molar-refractivity contribution >= 4 is 42.4 Å². The fourth-order valence-electron chi connectivity index (χ4n) is 3.06. The first-order chi connectivity index (χ1) is 13.1. The molecule has 4 rings (SSSR count). The van der Waals surface area contributed by atoms with Gasteiger partial charge in [0.05, 0.1) is 21.1 Å². The van der Waals surface area contributed by atoms with Crippen LogP contribution in [-0.4, -0.2) is 28.7 Å². The Morgan fingerprint density at radius 2 is 1.93 bits per heavy atom. The summed E-state index contributed by atoms with van der Waals surface area (Å²) < 4.78 is 66.9. The maximum atomic E-state index is 13.0. The van der Waals surface area contributed by atoms with Gasteiger partial charge in [-0.15, -0.1) is 11.3 Å². The molecule has 1 aromatic carbocycles. The van der Waals surface area contributed by atoms with E-state index in [-0.39, 0.29) is 27.6 Å². The molecule has 28 heavy (non-hydrogen) atoms. The Kier molecular flexibility index (Phi) is 4.23. The van der Waals surface area contributed by atoms with Gasteiger partial charge in [-0.3, -0.25) is 0 Å². The number of hydrogen-bond acceptors (Lipinski definition) is 5. The number of fused-ring (bicyclic) bond motifs is 2. The monoisotopic (exact) mass is 425 g/mol. The molecule has 0 aliphatic carbocycles. The Hall–Kier alpha value is -2.46. The van der Waals surface area contributed by atoms with Crippen LogP contribution in [0.15, 0.2) is 41.4 Å². The second-order valence-corrected chi connectivity index (χ2v) is 9.49. The van der Waals surface area contributed by atoms with E-state index in [1.165, 1.54) is 15.9 Å². The molecule has 10 heteroatoms. The highest BCUT2D eigenvalue weighted by Crippen LogP contribution is 2.42. The van der Waals surface area contributed by atoms with Crippen molar-refractivity contribution in [1.29, 1.82) is 0 Å². The van der Waals surface area contributed by atoms with Crippen LogP contribution in [0.2, 0.25) is 0 Å². The van der Waals surface area contributed by atoms with Crippen molar-refractivity contribution in [2.75, 3.05) is 5.75 Å². The summed E-state index contributed by atoms with van der Waals surface area (Å²) in [5.41, 5.74) is -0.590. The molecule has 3 heterocycles. The van der Waals surface area contributed by atoms with Crippen LogP contribution in [0, 0.1) is 0 Å². The van der Waals surface area contributed by atoms with Gasteiger partial charge in [0.2, 0.25) is 0 Å². The van der Waals surface area contributed by atoms with Crippen molar-refractivity contribution in [2.24, 2.45) is 7.05 Å². The molecule has 0 atom stereocenters. The number of halogens is 3. The van der Waals surface area contributed by atoms with Crippen molar-refractivity contribution in [1.82, 2.24) is 14.5 Å². The summed E-state index contributed by atoms with van der Waals surface area (Å²) in [5.74, 6) is 0.177. The van der Waals surface area contributed by atoms with Crippen LogP contribution in [-0.2, 0) is 23.1 Å². The van der Waals surface area contributed by atoms with Gasteiger partial charge in [0.25, 0.3) is 0 Å². The molecule has 0 saturated carbocycles. The number of imidazole rings is 1. The molecule has 0 aliphatic rings. The average Bonchev–Trinajstić information content (AvgIpc) is 3.19. The zero-order chi connectivity index (χ0) is 20.3. The lowest BCUT2D eigenvalue weighted by atomic mass is 10.2. The third-order valence-corrected chi connectivity index (χ3v) is 7.58. The first-order valence-electron chi connectivity index (χ1n) is 8.28. The first-order valence-corrected chi connectivity index (χ1v) is 10.7. The molecular formula is C18H14F3N3O2S2. The second-order valence-electron chi connectivity index (χ2n) is 6.22. The van der Waals surface area contributed by atoms with Gasteiger partial charge in [-0.2, -0.15) is 13.2 Å². The lowest BCUT2D eigenvalue weighted by molar-refractivity contribution is -0.137. The minimum atomic E-state index is -4.53. The van der Waals surface area contributed by atoms with E-state index in [4.69, 9.17) is 0 Å². The van der Waals surface area contributed by atoms with E-state index >= 15 is 0 Å². The molecule has 0 saturated heterocycles. The third kappa shape index (κ3) is 2.87. The summed E-state index contributed by atoms with van der Waals surface area (Å²) in [5, 5.41) is 0.584. The summed E-state index contributed by atoms with van der Waals surface area (Å²) in [7, 11) is -1.98. The minimum absolute atomic E-state index is 0.0598. The van der Waals surface area contributed by atoms with Gasteiger partial charge >= 0.3 is 6.18 Å². The predicted molar refractivity (Wildman–Crippen MR) is 102 cm³/mol. The van der Waals surface area contributed by atoms with Crippen LogP contribution in [0.4, 0.5) is 13.2 Å². The molecule has 146 valence electrons. The largest absolute Gasteiger partial charge is 0.417 e. The number of aromatic nitrogens is 3. The Morgan fingerprint density at radius 1 is 1.21 bits per heavy atom. The van der Waals surface area contributed by atoms with Gasteiger partial charge in [0.1, 0.15) is 5.52 Å². The van der Waals surface area contributed by atoms with Crippen molar-refractivity contribution in [2.45, 2.75) is 18.0 Å². The molecule has 3 aromatic heterocycles. The van der Waals surface area contributed by atoms with Gasteiger partial charge in [-0.25, -0.2) is 18.4 Å². The van der Waals surface area contributed by atoms with Gasteiger partial charge < -0.3 is 4.57 Å². The number of benzene rings is 1. The fraction of sp³-hybridized carbons (Fsp3) is 0.222. The van der Waals surface area contributed by atoms with Crippen molar-refractivity contribution in [3.8, 4) is 10.7 Å². The maximum absolute atomic E-state index is 13.0. The maximum Gasteiger partial charge on any atom is 0.417 e. The smallest absolute Gasteiger partial charge is 0.311 e. The molecule has 0 aliphatic heterocycles. The SMILES string of the molecule is CCS(=O)(=O)c1c(-c2nc3cc(C(F)(F)F)cnc3n2C)sc2ccccc12. The number of hydrogen-bond donors (Lipinski definition) is 0. The van der Waals surface area contributed by atoms with Crippen molar-refractivity contribution in [3.63, 3.8) is 0 Å². The van der Waals surface area contributed by atoms with Crippen LogP contribution in [0.3, 0.4) is 0 Å². The minimum Gasteiger partial charge on any atom is -0.311 e. The van der Waals surface area contributed by atoms with Crippen LogP contribution in [0.5, 0.6) is 0 Å². The highest BCUT2D eigenvalue weighted by Gasteiger charge is 2.32. The average molecular weight is 425 g/mol. The summed E-state index contributed by atoms with van der Waals surface area (Å²) in [6.45, 7) is 1.55. The molecule has 4 aromatic rings. The van der Waals surface area contributed by atoms with E-state index in [9.17, 15) is 21.6 Å². The summed E-state index contributed by atoms with van der Waals surface area (Å²) in [4.78, 5) is 8.76. The number of thiophene rings is 1. The van der Waals surface area contributed by atoms with Crippen molar-refractivity contribution in [3.05, 3.63) is 42.1 Å². The van der Waals surface area contributed by atoms with Crippen LogP contribution in [0.1, 0.15) is 12.5 Å². The molecule has 5 nitrogen and oxygen atoms in total. The van der Waals surface area contributed by atoms with Crippen LogP contribution in [0.25, 0.3) is 32.0 Å². The Bertz CT molecular complexity index is 1320. The highest BCUT2D eigenvalue weighted by molar-refractivity contribution is 7.92. The van der Waals surface area contributed by atoms with Gasteiger partial charge in [0.15, 0.2) is 21.3 Å². The topological polar surface area (TPSA) is 64.8 Å². The number of aryl methyl sites for hydroxylation is 1. The van der Waals surface area contributed by atoms with E-state index in [0.29, 0.717) is 10.3 Å². The molecule has 0 amide bonds. The zero-order valence-electron chi connectivity index (χ0n) is 14.8. The number of nitrogens with zero attached hydrogens (tertiary/aromatic N) is 3. The number of pyridine rings is 1. The van der Waals surface area contributed by atoms with Gasteiger partial charge in [-0.1, -0.05) is 25.1 Å². The second kappa shape index (κ2) is 6.28. The van der Waals surface area contributed by atoms with E-state index in [0.717, 1.165) is 17.0 Å². The summed E-state index contributed by atoms with van der Waals surface area (Å²) in [6.07, 6.45) is -3.78. The van der Waals surface area contributed by atoms with E-state index in [1.807, 2.05) is 0 Å². The quantitative estimate of drug-likeness (QED) is 0.479.